The molecule has 0 unspecified atom stereocenters. The van der Waals surface area contributed by atoms with Crippen LogP contribution in [-0.2, 0) is 10.2 Å². The number of guanidine groups is 1. The minimum Gasteiger partial charge on any atom is -0.366 e. The molecule has 4 N–H and O–H groups in total. The molecule has 0 atom stereocenters. The highest BCUT2D eigenvalue weighted by Gasteiger charge is 2.28. The quantitative estimate of drug-likeness (QED) is 0.487. The maximum Gasteiger partial charge on any atom is 0.388 e. The number of hydrogen-bond acceptors (Lipinski definition) is 4. The lowest BCUT2D eigenvalue weighted by Crippen LogP contribution is -2.23. The molecule has 1 aliphatic rings. The van der Waals surface area contributed by atoms with Crippen molar-refractivity contribution in [3.05, 3.63) is 0 Å². The first-order chi connectivity index (χ1) is 6.42. The topological polar surface area (TPSA) is 104 Å². The second-order valence-electron chi connectivity index (χ2n) is 3.51. The molecule has 1 rings (SSSR count). The van der Waals surface area contributed by atoms with Crippen molar-refractivity contribution in [3.63, 3.8) is 0 Å². The van der Waals surface area contributed by atoms with Crippen molar-refractivity contribution in [2.24, 2.45) is 26.9 Å². The third-order valence-corrected chi connectivity index (χ3v) is 3.28. The van der Waals surface area contributed by atoms with Gasteiger partial charge in [0.1, 0.15) is 5.75 Å². The standard InChI is InChI=1S/C7H15N4O2S/c1-5(2)3-4-14(12,13)7-9-6(8)10-11-7/h5,12-13H,3-4H2,1-2H3,(H2,8,9)/q+1. The fourth-order valence-electron chi connectivity index (χ4n) is 0.867. The molecule has 0 aromatic heterocycles. The first kappa shape index (κ1) is 11.3. The Morgan fingerprint density at radius 2 is 2.00 bits per heavy atom. The second kappa shape index (κ2) is 4.16. The van der Waals surface area contributed by atoms with Crippen molar-refractivity contribution in [3.8, 4) is 0 Å². The van der Waals surface area contributed by atoms with Crippen molar-refractivity contribution in [2.45, 2.75) is 20.3 Å². The lowest BCUT2D eigenvalue weighted by molar-refractivity contribution is 0.487. The fourth-order valence-corrected chi connectivity index (χ4v) is 2.26. The molecule has 80 valence electrons. The van der Waals surface area contributed by atoms with Crippen molar-refractivity contribution >= 4 is 21.3 Å². The summed E-state index contributed by atoms with van der Waals surface area (Å²) in [6.07, 6.45) is 0.705. The highest BCUT2D eigenvalue weighted by atomic mass is 32.3. The molecule has 0 aromatic carbocycles. The molecule has 0 spiro atoms. The Kier molecular flexibility index (Phi) is 3.35. The molecule has 14 heavy (non-hydrogen) atoms. The third kappa shape index (κ3) is 2.86. The van der Waals surface area contributed by atoms with Crippen LogP contribution in [0.3, 0.4) is 0 Å². The number of rotatable bonds is 3. The summed E-state index contributed by atoms with van der Waals surface area (Å²) in [5, 5.41) is 6.90. The van der Waals surface area contributed by atoms with Gasteiger partial charge in [-0.25, -0.2) is 0 Å². The van der Waals surface area contributed by atoms with Gasteiger partial charge in [-0.15, -0.1) is 10.1 Å². The van der Waals surface area contributed by atoms with E-state index in [0.29, 0.717) is 12.3 Å². The molecule has 0 saturated heterocycles. The van der Waals surface area contributed by atoms with Gasteiger partial charge in [0.05, 0.1) is 0 Å². The average molecular weight is 219 g/mol. The lowest BCUT2D eigenvalue weighted by Gasteiger charge is -2.06. The lowest BCUT2D eigenvalue weighted by atomic mass is 10.2. The van der Waals surface area contributed by atoms with Crippen LogP contribution in [-0.4, -0.2) is 25.9 Å². The van der Waals surface area contributed by atoms with Crippen LogP contribution in [0, 0.1) is 5.92 Å². The Bertz CT molecular complexity index is 329. The normalized spacial score (nSPS) is 16.6. The van der Waals surface area contributed by atoms with Crippen LogP contribution < -0.4 is 5.73 Å². The minimum atomic E-state index is -2.90. The molecular formula is C7H15N4O2S+. The summed E-state index contributed by atoms with van der Waals surface area (Å²) < 4.78 is 19.3. The number of azo groups is 1. The Hall–Kier alpha value is -0.790. The molecule has 6 nitrogen and oxygen atoms in total. The molecule has 0 fully saturated rings. The molecule has 0 bridgehead atoms. The summed E-state index contributed by atoms with van der Waals surface area (Å²) in [6, 6.07) is 0. The largest absolute Gasteiger partial charge is 0.388 e. The number of aliphatic imine (C=N–C) groups is 1. The van der Waals surface area contributed by atoms with E-state index in [4.69, 9.17) is 5.73 Å². The Morgan fingerprint density at radius 3 is 2.43 bits per heavy atom. The number of hydrogen-bond donors (Lipinski definition) is 3. The zero-order chi connectivity index (χ0) is 10.8. The van der Waals surface area contributed by atoms with E-state index in [9.17, 15) is 9.11 Å². The van der Waals surface area contributed by atoms with E-state index in [1.165, 1.54) is 0 Å². The summed E-state index contributed by atoms with van der Waals surface area (Å²) in [5.74, 6) is 0.640. The second-order valence-corrected chi connectivity index (χ2v) is 5.61. The van der Waals surface area contributed by atoms with Crippen molar-refractivity contribution in [1.82, 2.24) is 0 Å². The average Bonchev–Trinajstić information content (AvgIpc) is 2.49. The summed E-state index contributed by atoms with van der Waals surface area (Å²) >= 11 is 0. The van der Waals surface area contributed by atoms with Gasteiger partial charge in [-0.05, 0) is 12.3 Å². The number of nitrogens with two attached hydrogens (primary N) is 1. The van der Waals surface area contributed by atoms with Gasteiger partial charge < -0.3 is 5.73 Å². The molecule has 1 heterocycles. The molecule has 0 aromatic rings. The summed E-state index contributed by atoms with van der Waals surface area (Å²) in [7, 11) is -2.90. The van der Waals surface area contributed by atoms with Crippen LogP contribution in [0.2, 0.25) is 0 Å². The molecule has 7 heteroatoms. The van der Waals surface area contributed by atoms with E-state index >= 15 is 0 Å². The van der Waals surface area contributed by atoms with E-state index < -0.39 is 10.2 Å². The van der Waals surface area contributed by atoms with Crippen LogP contribution in [0.4, 0.5) is 0 Å². The van der Waals surface area contributed by atoms with Gasteiger partial charge in [0.2, 0.25) is 5.96 Å². The van der Waals surface area contributed by atoms with E-state index in [-0.39, 0.29) is 16.8 Å². The maximum atomic E-state index is 9.67. The van der Waals surface area contributed by atoms with Crippen LogP contribution in [0.15, 0.2) is 15.2 Å². The minimum absolute atomic E-state index is 0.0236. The van der Waals surface area contributed by atoms with Crippen molar-refractivity contribution in [2.75, 3.05) is 5.75 Å². The SMILES string of the molecule is CC(C)CC[S+](O)(O)=C1N=NC(N)=N1. The molecular weight excluding hydrogens is 204 g/mol. The van der Waals surface area contributed by atoms with Crippen LogP contribution in [0.25, 0.3) is 0 Å². The Labute approximate surface area is 83.9 Å². The van der Waals surface area contributed by atoms with Crippen LogP contribution in [0.5, 0.6) is 0 Å². The van der Waals surface area contributed by atoms with Gasteiger partial charge in [0, 0.05) is 0 Å². The van der Waals surface area contributed by atoms with Gasteiger partial charge in [-0.1, -0.05) is 19.0 Å². The molecule has 0 aliphatic carbocycles. The molecule has 1 aliphatic heterocycles. The predicted octanol–water partition coefficient (Wildman–Crippen LogP) is 1.00. The van der Waals surface area contributed by atoms with Gasteiger partial charge >= 0.3 is 5.11 Å². The Balaban J connectivity index is 2.79. The molecule has 0 amide bonds. The van der Waals surface area contributed by atoms with Crippen LogP contribution >= 0.6 is 0 Å². The Morgan fingerprint density at radius 1 is 1.36 bits per heavy atom. The summed E-state index contributed by atoms with van der Waals surface area (Å²) in [5.41, 5.74) is 5.24. The van der Waals surface area contributed by atoms with Crippen molar-refractivity contribution < 1.29 is 9.11 Å². The highest BCUT2D eigenvalue weighted by molar-refractivity contribution is 8.03. The van der Waals surface area contributed by atoms with Gasteiger partial charge in [-0.3, -0.25) is 0 Å². The summed E-state index contributed by atoms with van der Waals surface area (Å²) in [6.45, 7) is 4.02. The van der Waals surface area contributed by atoms with Gasteiger partial charge in [-0.2, -0.15) is 9.11 Å². The predicted molar refractivity (Wildman–Crippen MR) is 58.4 cm³/mol. The molecule has 0 radical (unpaired) electrons. The first-order valence-corrected chi connectivity index (χ1v) is 6.02. The van der Waals surface area contributed by atoms with E-state index in [2.05, 4.69) is 15.2 Å². The smallest absolute Gasteiger partial charge is 0.366 e. The highest BCUT2D eigenvalue weighted by Crippen LogP contribution is 2.11. The van der Waals surface area contributed by atoms with E-state index in [1.807, 2.05) is 13.8 Å². The zero-order valence-corrected chi connectivity index (χ0v) is 9.03. The van der Waals surface area contributed by atoms with Gasteiger partial charge in [0.15, 0.2) is 10.2 Å². The van der Waals surface area contributed by atoms with E-state index in [0.717, 1.165) is 0 Å². The number of nitrogens with zero attached hydrogens (tertiary/aromatic N) is 3. The monoisotopic (exact) mass is 219 g/mol. The first-order valence-electron chi connectivity index (χ1n) is 4.30. The van der Waals surface area contributed by atoms with Gasteiger partial charge in [0.25, 0.3) is 0 Å². The van der Waals surface area contributed by atoms with Crippen molar-refractivity contribution in [1.29, 1.82) is 0 Å². The van der Waals surface area contributed by atoms with E-state index in [1.54, 1.807) is 0 Å². The fraction of sp³-hybridized carbons (Fsp3) is 0.714. The zero-order valence-electron chi connectivity index (χ0n) is 8.21. The maximum absolute atomic E-state index is 9.67. The van der Waals surface area contributed by atoms with Crippen LogP contribution in [0.1, 0.15) is 20.3 Å². The third-order valence-electron chi connectivity index (χ3n) is 1.72. The summed E-state index contributed by atoms with van der Waals surface area (Å²) in [4.78, 5) is 3.65. The molecule has 0 saturated carbocycles.